The van der Waals surface area contributed by atoms with Crippen molar-refractivity contribution in [1.82, 2.24) is 0 Å². The zero-order valence-corrected chi connectivity index (χ0v) is 16.1. The minimum absolute atomic E-state index is 0.00120. The fourth-order valence-electron chi connectivity index (χ4n) is 2.34. The van der Waals surface area contributed by atoms with Gasteiger partial charge in [-0.05, 0) is 47.5 Å². The SMILES string of the molecule is COCOc1cc(/C=C/C(=O)CC(=O)/C=C/c2ccc(O)c(OC)c2)ccc1O. The maximum absolute atomic E-state index is 12.0. The van der Waals surface area contributed by atoms with E-state index in [1.807, 2.05) is 0 Å². The minimum Gasteiger partial charge on any atom is -0.504 e. The predicted octanol–water partition coefficient (Wildman–Crippen LogP) is 3.34. The number of benzene rings is 2. The number of hydrogen-bond acceptors (Lipinski definition) is 7. The van der Waals surface area contributed by atoms with Gasteiger partial charge in [0.25, 0.3) is 0 Å². The minimum atomic E-state index is -0.365. The molecule has 2 aromatic rings. The van der Waals surface area contributed by atoms with Crippen LogP contribution in [-0.2, 0) is 14.3 Å². The molecule has 152 valence electrons. The Morgan fingerprint density at radius 3 is 1.90 bits per heavy atom. The van der Waals surface area contributed by atoms with E-state index >= 15 is 0 Å². The maximum atomic E-state index is 12.0. The van der Waals surface area contributed by atoms with Crippen molar-refractivity contribution in [3.05, 3.63) is 59.7 Å². The van der Waals surface area contributed by atoms with Gasteiger partial charge in [-0.1, -0.05) is 24.3 Å². The lowest BCUT2D eigenvalue weighted by atomic mass is 10.1. The fourth-order valence-corrected chi connectivity index (χ4v) is 2.34. The van der Waals surface area contributed by atoms with Crippen molar-refractivity contribution in [3.8, 4) is 23.0 Å². The average Bonchev–Trinajstić information content (AvgIpc) is 2.71. The topological polar surface area (TPSA) is 102 Å². The Balaban J connectivity index is 1.95. The Bertz CT molecular complexity index is 929. The lowest BCUT2D eigenvalue weighted by Crippen LogP contribution is -2.02. The van der Waals surface area contributed by atoms with Gasteiger partial charge in [0.15, 0.2) is 41.4 Å². The van der Waals surface area contributed by atoms with Crippen LogP contribution in [0.1, 0.15) is 17.5 Å². The van der Waals surface area contributed by atoms with Crippen LogP contribution in [-0.4, -0.2) is 42.8 Å². The molecule has 0 aliphatic carbocycles. The number of rotatable bonds is 10. The lowest BCUT2D eigenvalue weighted by Gasteiger charge is -2.07. The van der Waals surface area contributed by atoms with E-state index in [0.717, 1.165) is 0 Å². The van der Waals surface area contributed by atoms with Crippen molar-refractivity contribution in [2.24, 2.45) is 0 Å². The molecule has 0 saturated heterocycles. The molecule has 0 unspecified atom stereocenters. The van der Waals surface area contributed by atoms with Crippen LogP contribution in [0.2, 0.25) is 0 Å². The quantitative estimate of drug-likeness (QED) is 0.359. The van der Waals surface area contributed by atoms with Gasteiger partial charge in [0.2, 0.25) is 0 Å². The Hall–Kier alpha value is -3.58. The van der Waals surface area contributed by atoms with Crippen molar-refractivity contribution in [1.29, 1.82) is 0 Å². The van der Waals surface area contributed by atoms with Gasteiger partial charge in [0.1, 0.15) is 0 Å². The third-order valence-corrected chi connectivity index (χ3v) is 3.79. The van der Waals surface area contributed by atoms with Crippen LogP contribution in [0, 0.1) is 0 Å². The summed E-state index contributed by atoms with van der Waals surface area (Å²) in [6.07, 6.45) is 5.38. The molecule has 0 atom stereocenters. The first-order valence-electron chi connectivity index (χ1n) is 8.66. The number of carbonyl (C=O) groups excluding carboxylic acids is 2. The van der Waals surface area contributed by atoms with Gasteiger partial charge in [-0.15, -0.1) is 0 Å². The van der Waals surface area contributed by atoms with Crippen LogP contribution in [0.4, 0.5) is 0 Å². The maximum Gasteiger partial charge on any atom is 0.188 e. The summed E-state index contributed by atoms with van der Waals surface area (Å²) in [6, 6.07) is 9.26. The molecule has 29 heavy (non-hydrogen) atoms. The van der Waals surface area contributed by atoms with E-state index in [-0.39, 0.29) is 42.0 Å². The fraction of sp³-hybridized carbons (Fsp3) is 0.182. The molecule has 0 heterocycles. The summed E-state index contributed by atoms with van der Waals surface area (Å²) in [7, 11) is 2.89. The Kier molecular flexibility index (Phi) is 8.00. The van der Waals surface area contributed by atoms with Gasteiger partial charge in [0, 0.05) is 7.11 Å². The molecule has 2 N–H and O–H groups in total. The zero-order chi connectivity index (χ0) is 21.2. The van der Waals surface area contributed by atoms with Crippen molar-refractivity contribution < 1.29 is 34.0 Å². The number of aromatic hydroxyl groups is 2. The Morgan fingerprint density at radius 1 is 0.862 bits per heavy atom. The summed E-state index contributed by atoms with van der Waals surface area (Å²) in [5.74, 6) is -0.249. The van der Waals surface area contributed by atoms with Gasteiger partial charge in [-0.25, -0.2) is 0 Å². The molecule has 0 amide bonds. The van der Waals surface area contributed by atoms with Crippen molar-refractivity contribution in [2.75, 3.05) is 21.0 Å². The van der Waals surface area contributed by atoms with Gasteiger partial charge >= 0.3 is 0 Å². The van der Waals surface area contributed by atoms with E-state index < -0.39 is 0 Å². The number of phenols is 2. The van der Waals surface area contributed by atoms with E-state index in [1.165, 1.54) is 44.6 Å². The molecule has 0 saturated carbocycles. The van der Waals surface area contributed by atoms with Crippen LogP contribution >= 0.6 is 0 Å². The molecule has 0 aromatic heterocycles. The largest absolute Gasteiger partial charge is 0.504 e. The van der Waals surface area contributed by atoms with E-state index in [2.05, 4.69) is 0 Å². The summed E-state index contributed by atoms with van der Waals surface area (Å²) < 4.78 is 15.0. The molecule has 7 nitrogen and oxygen atoms in total. The standard InChI is InChI=1S/C22H22O7/c1-27-14-29-22-12-16(6-10-20(22)26)4-8-18(24)13-17(23)7-3-15-5-9-19(25)21(11-15)28-2/h3-12,25-26H,13-14H2,1-2H3/b7-3+,8-4+. The first kappa shape index (κ1) is 21.7. The number of hydrogen-bond donors (Lipinski definition) is 2. The molecule has 0 fully saturated rings. The second-order valence-electron chi connectivity index (χ2n) is 5.99. The van der Waals surface area contributed by atoms with Crippen LogP contribution in [0.5, 0.6) is 23.0 Å². The van der Waals surface area contributed by atoms with E-state index in [4.69, 9.17) is 14.2 Å². The Labute approximate surface area is 168 Å². The summed E-state index contributed by atoms with van der Waals surface area (Å²) in [6.45, 7) is -0.0204. The number of carbonyl (C=O) groups is 2. The normalized spacial score (nSPS) is 11.1. The molecule has 0 bridgehead atoms. The third kappa shape index (κ3) is 6.82. The predicted molar refractivity (Wildman–Crippen MR) is 108 cm³/mol. The number of methoxy groups -OCH3 is 2. The van der Waals surface area contributed by atoms with Crippen molar-refractivity contribution >= 4 is 23.7 Å². The van der Waals surface area contributed by atoms with Crippen LogP contribution in [0.15, 0.2) is 48.6 Å². The Morgan fingerprint density at radius 2 is 1.38 bits per heavy atom. The molecule has 7 heteroatoms. The summed E-state index contributed by atoms with van der Waals surface area (Å²) >= 11 is 0. The molecular formula is C22H22O7. The van der Waals surface area contributed by atoms with Gasteiger partial charge in [-0.3, -0.25) is 9.59 Å². The molecular weight excluding hydrogens is 376 g/mol. The lowest BCUT2D eigenvalue weighted by molar-refractivity contribution is -0.121. The van der Waals surface area contributed by atoms with Gasteiger partial charge in [-0.2, -0.15) is 0 Å². The number of phenolic OH excluding ortho intramolecular Hbond substituents is 2. The highest BCUT2D eigenvalue weighted by Gasteiger charge is 2.06. The highest BCUT2D eigenvalue weighted by atomic mass is 16.7. The van der Waals surface area contributed by atoms with Gasteiger partial charge in [0.05, 0.1) is 13.5 Å². The van der Waals surface area contributed by atoms with E-state index in [1.54, 1.807) is 30.3 Å². The van der Waals surface area contributed by atoms with Crippen LogP contribution < -0.4 is 9.47 Å². The molecule has 2 aromatic carbocycles. The zero-order valence-electron chi connectivity index (χ0n) is 16.1. The first-order valence-corrected chi connectivity index (χ1v) is 8.66. The first-order chi connectivity index (χ1) is 13.9. The highest BCUT2D eigenvalue weighted by molar-refractivity contribution is 6.10. The molecule has 0 spiro atoms. The monoisotopic (exact) mass is 398 g/mol. The van der Waals surface area contributed by atoms with E-state index in [0.29, 0.717) is 16.9 Å². The molecule has 2 rings (SSSR count). The second-order valence-corrected chi connectivity index (χ2v) is 5.99. The molecule has 0 aliphatic rings. The third-order valence-electron chi connectivity index (χ3n) is 3.79. The van der Waals surface area contributed by atoms with Crippen LogP contribution in [0.25, 0.3) is 12.2 Å². The summed E-state index contributed by atoms with van der Waals surface area (Å²) in [5, 5.41) is 19.3. The average molecular weight is 398 g/mol. The molecule has 0 aliphatic heterocycles. The number of allylic oxidation sites excluding steroid dienone is 2. The second kappa shape index (κ2) is 10.7. The summed E-state index contributed by atoms with van der Waals surface area (Å²) in [5.41, 5.74) is 1.28. The van der Waals surface area contributed by atoms with Crippen molar-refractivity contribution in [2.45, 2.75) is 6.42 Å². The van der Waals surface area contributed by atoms with Crippen molar-refractivity contribution in [3.63, 3.8) is 0 Å². The van der Waals surface area contributed by atoms with E-state index in [9.17, 15) is 19.8 Å². The summed E-state index contributed by atoms with van der Waals surface area (Å²) in [4.78, 5) is 24.0. The number of ether oxygens (including phenoxy) is 3. The van der Waals surface area contributed by atoms with Gasteiger partial charge < -0.3 is 24.4 Å². The highest BCUT2D eigenvalue weighted by Crippen LogP contribution is 2.28. The van der Waals surface area contributed by atoms with Crippen LogP contribution in [0.3, 0.4) is 0 Å². The molecule has 0 radical (unpaired) electrons. The number of ketones is 2. The smallest absolute Gasteiger partial charge is 0.188 e.